The van der Waals surface area contributed by atoms with Gasteiger partial charge < -0.3 is 20.1 Å². The number of thiazole rings is 1. The van der Waals surface area contributed by atoms with Crippen LogP contribution < -0.4 is 14.9 Å². The second kappa shape index (κ2) is 9.24. The van der Waals surface area contributed by atoms with Crippen LogP contribution in [-0.2, 0) is 14.4 Å². The van der Waals surface area contributed by atoms with E-state index in [1.54, 1.807) is 62.2 Å². The quantitative estimate of drug-likeness (QED) is 0.395. The number of rotatable bonds is 5. The van der Waals surface area contributed by atoms with Gasteiger partial charge in [0.15, 0.2) is 0 Å². The summed E-state index contributed by atoms with van der Waals surface area (Å²) in [6, 6.07) is 13.0. The summed E-state index contributed by atoms with van der Waals surface area (Å²) in [5.74, 6) is -1.23. The summed E-state index contributed by atoms with van der Waals surface area (Å²) in [6.45, 7) is 1.60. The number of carbonyl (C=O) groups is 3. The minimum absolute atomic E-state index is 0.0283. The molecule has 1 aromatic heterocycles. The molecule has 0 radical (unpaired) electrons. The molecule has 206 valence electrons. The van der Waals surface area contributed by atoms with Crippen LogP contribution in [0, 0.1) is 29.6 Å². The van der Waals surface area contributed by atoms with E-state index in [0.29, 0.717) is 11.4 Å². The highest BCUT2D eigenvalue weighted by molar-refractivity contribution is 8.00. The van der Waals surface area contributed by atoms with E-state index in [1.807, 2.05) is 12.1 Å². The number of nitrogens with one attached hydrogen (secondary N) is 2. The number of nitrogens with zero attached hydrogens (tertiary/aromatic N) is 1. The maximum atomic E-state index is 13.9. The van der Waals surface area contributed by atoms with Crippen molar-refractivity contribution in [2.24, 2.45) is 29.6 Å². The highest BCUT2D eigenvalue weighted by Gasteiger charge is 2.70. The molecule has 2 aliphatic carbocycles. The fourth-order valence-electron chi connectivity index (χ4n) is 7.51. The molecular weight excluding hydrogens is 550 g/mol. The maximum Gasteiger partial charge on any atom is 0.305 e. The number of aromatic amines is 1. The number of ether oxygens (including phenoxy) is 1. The van der Waals surface area contributed by atoms with Crippen molar-refractivity contribution in [3.8, 4) is 11.5 Å². The van der Waals surface area contributed by atoms with Crippen molar-refractivity contribution in [2.75, 3.05) is 12.4 Å². The molecular formula is C29H27N3O6S2. The van der Waals surface area contributed by atoms with E-state index in [-0.39, 0.29) is 51.4 Å². The summed E-state index contributed by atoms with van der Waals surface area (Å²) in [4.78, 5) is 58.2. The molecule has 2 saturated carbocycles. The van der Waals surface area contributed by atoms with Crippen molar-refractivity contribution in [1.82, 2.24) is 9.88 Å². The van der Waals surface area contributed by atoms with Gasteiger partial charge in [-0.3, -0.25) is 24.1 Å². The summed E-state index contributed by atoms with van der Waals surface area (Å²) in [5.41, 5.74) is 1.53. The minimum atomic E-state index is -0.951. The maximum absolute atomic E-state index is 13.9. The van der Waals surface area contributed by atoms with Crippen molar-refractivity contribution in [3.63, 3.8) is 0 Å². The van der Waals surface area contributed by atoms with Gasteiger partial charge >= 0.3 is 4.87 Å². The molecule has 2 aromatic carbocycles. The second-order valence-corrected chi connectivity index (χ2v) is 13.2. The number of anilines is 1. The van der Waals surface area contributed by atoms with Gasteiger partial charge in [0, 0.05) is 21.7 Å². The van der Waals surface area contributed by atoms with E-state index in [9.17, 15) is 24.3 Å². The molecule has 9 nitrogen and oxygen atoms in total. The molecule has 1 saturated heterocycles. The number of aromatic hydroxyl groups is 1. The first-order valence-electron chi connectivity index (χ1n) is 13.3. The molecule has 40 heavy (non-hydrogen) atoms. The number of amides is 3. The number of fused-ring (bicyclic) bond motifs is 9. The summed E-state index contributed by atoms with van der Waals surface area (Å²) in [6.07, 6.45) is 0.767. The van der Waals surface area contributed by atoms with Crippen LogP contribution in [0.15, 0.2) is 58.4 Å². The fraction of sp³-hybridized carbons (Fsp3) is 0.379. The number of thioether (sulfide) groups is 1. The number of methoxy groups -OCH3 is 1. The summed E-state index contributed by atoms with van der Waals surface area (Å²) >= 11 is 2.82. The molecule has 8 atom stereocenters. The molecule has 2 aliphatic heterocycles. The normalized spacial score (nSPS) is 30.6. The summed E-state index contributed by atoms with van der Waals surface area (Å²) < 4.78 is 5.16. The number of aromatic nitrogens is 1. The monoisotopic (exact) mass is 577 g/mol. The number of hydrogen-bond donors (Lipinski definition) is 3. The van der Waals surface area contributed by atoms with Gasteiger partial charge in [-0.15, -0.1) is 11.8 Å². The molecule has 7 rings (SSSR count). The zero-order valence-corrected chi connectivity index (χ0v) is 23.3. The Balaban J connectivity index is 1.19. The Morgan fingerprint density at radius 1 is 1.05 bits per heavy atom. The van der Waals surface area contributed by atoms with E-state index in [2.05, 4.69) is 10.3 Å². The number of H-pyrrole nitrogens is 1. The van der Waals surface area contributed by atoms with Gasteiger partial charge in [0.2, 0.25) is 17.7 Å². The highest BCUT2D eigenvalue weighted by atomic mass is 32.2. The van der Waals surface area contributed by atoms with E-state index < -0.39 is 23.8 Å². The van der Waals surface area contributed by atoms with Crippen LogP contribution >= 0.6 is 23.1 Å². The Morgan fingerprint density at radius 3 is 2.40 bits per heavy atom. The zero-order chi connectivity index (χ0) is 27.9. The Kier molecular flexibility index (Phi) is 5.87. The van der Waals surface area contributed by atoms with Gasteiger partial charge in [-0.2, -0.15) is 0 Å². The van der Waals surface area contributed by atoms with E-state index in [0.717, 1.165) is 21.9 Å². The molecule has 3 N–H and O–H groups in total. The van der Waals surface area contributed by atoms with E-state index in [1.165, 1.54) is 16.2 Å². The third kappa shape index (κ3) is 3.67. The largest absolute Gasteiger partial charge is 0.508 e. The Labute approximate surface area is 237 Å². The highest BCUT2D eigenvalue weighted by Crippen LogP contribution is 2.68. The lowest BCUT2D eigenvalue weighted by molar-refractivity contribution is -0.146. The van der Waals surface area contributed by atoms with Crippen LogP contribution in [0.3, 0.4) is 0 Å². The van der Waals surface area contributed by atoms with Crippen LogP contribution in [0.2, 0.25) is 0 Å². The summed E-state index contributed by atoms with van der Waals surface area (Å²) in [5, 5.41) is 13.6. The lowest BCUT2D eigenvalue weighted by Gasteiger charge is -2.43. The molecule has 3 fully saturated rings. The molecule has 3 aromatic rings. The van der Waals surface area contributed by atoms with Crippen molar-refractivity contribution >= 4 is 46.5 Å². The third-order valence-corrected chi connectivity index (χ3v) is 11.7. The molecule has 2 bridgehead atoms. The Bertz CT molecular complexity index is 1580. The van der Waals surface area contributed by atoms with E-state index in [4.69, 9.17) is 4.74 Å². The zero-order valence-electron chi connectivity index (χ0n) is 21.7. The average Bonchev–Trinajstić information content (AvgIpc) is 3.68. The molecule has 3 heterocycles. The Morgan fingerprint density at radius 2 is 1.73 bits per heavy atom. The molecule has 3 amide bonds. The van der Waals surface area contributed by atoms with Gasteiger partial charge in [-0.25, -0.2) is 0 Å². The topological polar surface area (TPSA) is 129 Å². The van der Waals surface area contributed by atoms with Crippen LogP contribution in [-0.4, -0.2) is 51.1 Å². The first-order valence-corrected chi connectivity index (χ1v) is 15.0. The lowest BCUT2D eigenvalue weighted by atomic mass is 9.68. The van der Waals surface area contributed by atoms with Gasteiger partial charge in [0.25, 0.3) is 0 Å². The van der Waals surface area contributed by atoms with E-state index >= 15 is 0 Å². The van der Waals surface area contributed by atoms with Gasteiger partial charge in [-0.05, 0) is 73.1 Å². The van der Waals surface area contributed by atoms with Gasteiger partial charge in [0.1, 0.15) is 17.5 Å². The number of imide groups is 1. The molecule has 11 heteroatoms. The third-order valence-electron chi connectivity index (χ3n) is 9.13. The number of hydrogen-bond acceptors (Lipinski definition) is 8. The predicted molar refractivity (Wildman–Crippen MR) is 150 cm³/mol. The number of phenols is 1. The molecule has 0 spiro atoms. The minimum Gasteiger partial charge on any atom is -0.508 e. The van der Waals surface area contributed by atoms with Crippen molar-refractivity contribution in [2.45, 2.75) is 35.6 Å². The van der Waals surface area contributed by atoms with Crippen LogP contribution in [0.4, 0.5) is 5.69 Å². The number of phenolic OH excluding ortho intramolecular Hbond substituents is 1. The van der Waals surface area contributed by atoms with Crippen molar-refractivity contribution in [3.05, 3.63) is 68.6 Å². The fourth-order valence-corrected chi connectivity index (χ4v) is 10.4. The van der Waals surface area contributed by atoms with Crippen molar-refractivity contribution in [1.29, 1.82) is 0 Å². The summed E-state index contributed by atoms with van der Waals surface area (Å²) in [7, 11) is 1.56. The second-order valence-electron chi connectivity index (χ2n) is 11.0. The van der Waals surface area contributed by atoms with Gasteiger partial charge in [-0.1, -0.05) is 23.5 Å². The van der Waals surface area contributed by atoms with Crippen molar-refractivity contribution < 1.29 is 24.2 Å². The van der Waals surface area contributed by atoms with Gasteiger partial charge in [0.05, 0.1) is 24.0 Å². The molecule has 8 unspecified atom stereocenters. The Hall–Kier alpha value is -3.57. The first-order chi connectivity index (χ1) is 19.3. The number of benzene rings is 2. The standard InChI is InChI=1S/C29H27N3O6S2/c1-12(25(34)30-14-5-9-16(38-2)10-6-14)32-27(35)21-17-11-18(22(21)28(32)36)23-20(17)19(13-3-7-15(33)8-4-13)24-26(39-23)31-29(37)40-24/h3-10,12,17-23,33H,11H2,1-2H3,(H,30,34)(H,31,37). The van der Waals surface area contributed by atoms with Crippen LogP contribution in [0.25, 0.3) is 0 Å². The number of likely N-dealkylation sites (tertiary alicyclic amines) is 1. The molecule has 4 aliphatic rings. The lowest BCUT2D eigenvalue weighted by Crippen LogP contribution is -2.46. The number of carbonyl (C=O) groups excluding carboxylic acids is 3. The SMILES string of the molecule is COc1ccc(NC(=O)C(C)N2C(=O)C3C4CC(C3C2=O)C2C(c3ccc(O)cc3)c3sc(=O)[nH]c3SC42)cc1. The smallest absolute Gasteiger partial charge is 0.305 e. The average molecular weight is 578 g/mol. The van der Waals surface area contributed by atoms with Crippen LogP contribution in [0.1, 0.15) is 29.7 Å². The first kappa shape index (κ1) is 25.4. The predicted octanol–water partition coefficient (Wildman–Crippen LogP) is 3.65. The van der Waals surface area contributed by atoms with Crippen LogP contribution in [0.5, 0.6) is 11.5 Å².